The van der Waals surface area contributed by atoms with E-state index in [1.165, 1.54) is 13.3 Å². The number of para-hydroxylation sites is 3. The van der Waals surface area contributed by atoms with Crippen LogP contribution < -0.4 is 19.6 Å². The number of nitrogens with zero attached hydrogens (tertiary/aromatic N) is 1. The third kappa shape index (κ3) is 5.48. The molecule has 0 fully saturated rings. The Kier molecular flexibility index (Phi) is 6.84. The van der Waals surface area contributed by atoms with Gasteiger partial charge in [-0.3, -0.25) is 4.79 Å². The van der Waals surface area contributed by atoms with Gasteiger partial charge in [-0.25, -0.2) is 10.2 Å². The zero-order valence-corrected chi connectivity index (χ0v) is 17.9. The van der Waals surface area contributed by atoms with Gasteiger partial charge in [-0.05, 0) is 42.0 Å². The molecule has 33 heavy (non-hydrogen) atoms. The Labute approximate surface area is 190 Å². The van der Waals surface area contributed by atoms with Gasteiger partial charge in [0.25, 0.3) is 5.91 Å². The van der Waals surface area contributed by atoms with E-state index in [9.17, 15) is 9.59 Å². The lowest BCUT2D eigenvalue weighted by Gasteiger charge is -2.24. The first kappa shape index (κ1) is 21.9. The maximum atomic E-state index is 12.4. The SMILES string of the molecule is COC(=O)c1ccc(COc2ccccc2/C=N\NC(=O)[C@H]2COc3ccccc3O2)cc1. The summed E-state index contributed by atoms with van der Waals surface area (Å²) < 4.78 is 21.8. The van der Waals surface area contributed by atoms with E-state index in [-0.39, 0.29) is 12.6 Å². The first-order valence-electron chi connectivity index (χ1n) is 10.2. The number of ether oxygens (including phenoxy) is 4. The molecule has 1 amide bonds. The van der Waals surface area contributed by atoms with Crippen LogP contribution >= 0.6 is 0 Å². The van der Waals surface area contributed by atoms with E-state index in [0.717, 1.165) is 5.56 Å². The second-order valence-corrected chi connectivity index (χ2v) is 7.11. The van der Waals surface area contributed by atoms with Crippen molar-refractivity contribution in [2.24, 2.45) is 5.10 Å². The van der Waals surface area contributed by atoms with Gasteiger partial charge in [-0.1, -0.05) is 36.4 Å². The third-order valence-corrected chi connectivity index (χ3v) is 4.87. The number of benzene rings is 3. The van der Waals surface area contributed by atoms with Gasteiger partial charge in [0.05, 0.1) is 18.9 Å². The van der Waals surface area contributed by atoms with E-state index in [4.69, 9.17) is 18.9 Å². The average molecular weight is 446 g/mol. The summed E-state index contributed by atoms with van der Waals surface area (Å²) in [5, 5.41) is 4.04. The second kappa shape index (κ2) is 10.3. The molecule has 0 bridgehead atoms. The summed E-state index contributed by atoms with van der Waals surface area (Å²) in [4.78, 5) is 23.9. The molecule has 1 aliphatic heterocycles. The predicted octanol–water partition coefficient (Wildman–Crippen LogP) is 3.34. The summed E-state index contributed by atoms with van der Waals surface area (Å²) in [6.45, 7) is 0.401. The van der Waals surface area contributed by atoms with Crippen molar-refractivity contribution in [1.82, 2.24) is 5.43 Å². The quantitative estimate of drug-likeness (QED) is 0.340. The van der Waals surface area contributed by atoms with Crippen molar-refractivity contribution in [1.29, 1.82) is 0 Å². The maximum absolute atomic E-state index is 12.4. The van der Waals surface area contributed by atoms with Crippen molar-refractivity contribution in [2.75, 3.05) is 13.7 Å². The van der Waals surface area contributed by atoms with Crippen LogP contribution in [0.25, 0.3) is 0 Å². The molecular formula is C25H22N2O6. The molecule has 4 rings (SSSR count). The Morgan fingerprint density at radius 2 is 1.76 bits per heavy atom. The summed E-state index contributed by atoms with van der Waals surface area (Å²) >= 11 is 0. The highest BCUT2D eigenvalue weighted by Crippen LogP contribution is 2.30. The molecule has 0 radical (unpaired) electrons. The number of fused-ring (bicyclic) bond motifs is 1. The average Bonchev–Trinajstić information content (AvgIpc) is 2.87. The summed E-state index contributed by atoms with van der Waals surface area (Å²) in [6, 6.07) is 21.5. The standard InChI is InChI=1S/C25H22N2O6/c1-30-25(29)18-12-10-17(11-13-18)15-31-20-7-3-2-6-19(20)14-26-27-24(28)23-16-32-21-8-4-5-9-22(21)33-23/h2-14,23H,15-16H2,1H3,(H,27,28)/b26-14-/t23-/m1/s1. The number of carbonyl (C=O) groups excluding carboxylic acids is 2. The Balaban J connectivity index is 1.34. The fraction of sp³-hybridized carbons (Fsp3) is 0.160. The Hall–Kier alpha value is -4.33. The number of hydrogen-bond donors (Lipinski definition) is 1. The highest BCUT2D eigenvalue weighted by atomic mass is 16.6. The molecule has 168 valence electrons. The summed E-state index contributed by atoms with van der Waals surface area (Å²) in [5.41, 5.74) is 4.53. The van der Waals surface area contributed by atoms with Crippen LogP contribution in [0.15, 0.2) is 77.9 Å². The van der Waals surface area contributed by atoms with Gasteiger partial charge in [-0.15, -0.1) is 0 Å². The van der Waals surface area contributed by atoms with Gasteiger partial charge in [0.1, 0.15) is 19.0 Å². The molecule has 1 aliphatic rings. The lowest BCUT2D eigenvalue weighted by molar-refractivity contribution is -0.130. The van der Waals surface area contributed by atoms with Gasteiger partial charge < -0.3 is 18.9 Å². The molecule has 8 nitrogen and oxygen atoms in total. The van der Waals surface area contributed by atoms with E-state index in [2.05, 4.69) is 10.5 Å². The number of amides is 1. The first-order chi connectivity index (χ1) is 16.1. The number of nitrogens with one attached hydrogen (secondary N) is 1. The summed E-state index contributed by atoms with van der Waals surface area (Å²) in [6.07, 6.45) is 0.710. The third-order valence-electron chi connectivity index (χ3n) is 4.87. The fourth-order valence-corrected chi connectivity index (χ4v) is 3.12. The molecule has 1 atom stereocenters. The smallest absolute Gasteiger partial charge is 0.337 e. The van der Waals surface area contributed by atoms with Crippen LogP contribution in [-0.2, 0) is 16.1 Å². The van der Waals surface area contributed by atoms with Crippen LogP contribution in [0.2, 0.25) is 0 Å². The topological polar surface area (TPSA) is 95.5 Å². The van der Waals surface area contributed by atoms with E-state index in [1.807, 2.05) is 30.3 Å². The lowest BCUT2D eigenvalue weighted by atomic mass is 10.1. The molecular weight excluding hydrogens is 424 g/mol. The van der Waals surface area contributed by atoms with Gasteiger partial charge in [0.2, 0.25) is 6.10 Å². The highest BCUT2D eigenvalue weighted by Gasteiger charge is 2.27. The van der Waals surface area contributed by atoms with Crippen LogP contribution in [0.4, 0.5) is 0 Å². The lowest BCUT2D eigenvalue weighted by Crippen LogP contribution is -2.42. The van der Waals surface area contributed by atoms with Crippen LogP contribution in [0.3, 0.4) is 0 Å². The molecule has 0 saturated heterocycles. The Bertz CT molecular complexity index is 1160. The van der Waals surface area contributed by atoms with Crippen LogP contribution in [0.5, 0.6) is 17.2 Å². The molecule has 8 heteroatoms. The molecule has 3 aromatic carbocycles. The van der Waals surface area contributed by atoms with Crippen molar-refractivity contribution < 1.29 is 28.5 Å². The Morgan fingerprint density at radius 1 is 1.03 bits per heavy atom. The van der Waals surface area contributed by atoms with E-state index < -0.39 is 12.0 Å². The van der Waals surface area contributed by atoms with Gasteiger partial charge >= 0.3 is 5.97 Å². The number of esters is 1. The number of rotatable bonds is 7. The molecule has 0 aliphatic carbocycles. The van der Waals surface area contributed by atoms with Crippen LogP contribution in [0, 0.1) is 0 Å². The van der Waals surface area contributed by atoms with E-state index in [1.54, 1.807) is 42.5 Å². The minimum atomic E-state index is -0.795. The summed E-state index contributed by atoms with van der Waals surface area (Å²) in [7, 11) is 1.34. The van der Waals surface area contributed by atoms with Gasteiger partial charge in [-0.2, -0.15) is 5.10 Å². The first-order valence-corrected chi connectivity index (χ1v) is 10.2. The molecule has 0 unspecified atom stereocenters. The monoisotopic (exact) mass is 446 g/mol. The minimum Gasteiger partial charge on any atom is -0.488 e. The molecule has 3 aromatic rings. The van der Waals surface area contributed by atoms with E-state index >= 15 is 0 Å². The second-order valence-electron chi connectivity index (χ2n) is 7.11. The number of hydrogen-bond acceptors (Lipinski definition) is 7. The van der Waals surface area contributed by atoms with Crippen LogP contribution in [0.1, 0.15) is 21.5 Å². The van der Waals surface area contributed by atoms with Gasteiger partial charge in [0, 0.05) is 5.56 Å². The van der Waals surface area contributed by atoms with Crippen LogP contribution in [-0.4, -0.2) is 37.9 Å². The van der Waals surface area contributed by atoms with E-state index in [0.29, 0.717) is 35.0 Å². The van der Waals surface area contributed by atoms with Crippen molar-refractivity contribution in [3.05, 3.63) is 89.5 Å². The number of hydrazone groups is 1. The van der Waals surface area contributed by atoms with Crippen molar-refractivity contribution in [3.63, 3.8) is 0 Å². The molecule has 0 spiro atoms. The largest absolute Gasteiger partial charge is 0.488 e. The normalized spacial score (nSPS) is 14.5. The Morgan fingerprint density at radius 3 is 2.55 bits per heavy atom. The molecule has 1 heterocycles. The van der Waals surface area contributed by atoms with Gasteiger partial charge in [0.15, 0.2) is 11.5 Å². The minimum absolute atomic E-state index is 0.104. The zero-order chi connectivity index (χ0) is 23.0. The molecule has 0 saturated carbocycles. The maximum Gasteiger partial charge on any atom is 0.337 e. The molecule has 0 aromatic heterocycles. The molecule has 1 N–H and O–H groups in total. The zero-order valence-electron chi connectivity index (χ0n) is 17.9. The predicted molar refractivity (Wildman–Crippen MR) is 121 cm³/mol. The summed E-state index contributed by atoms with van der Waals surface area (Å²) in [5.74, 6) is 0.923. The van der Waals surface area contributed by atoms with Crippen molar-refractivity contribution in [3.8, 4) is 17.2 Å². The number of methoxy groups -OCH3 is 1. The number of carbonyl (C=O) groups is 2. The van der Waals surface area contributed by atoms with Crippen molar-refractivity contribution in [2.45, 2.75) is 12.7 Å². The van der Waals surface area contributed by atoms with Crippen molar-refractivity contribution >= 4 is 18.1 Å². The highest BCUT2D eigenvalue weighted by molar-refractivity contribution is 5.89. The fourth-order valence-electron chi connectivity index (χ4n) is 3.12.